The lowest BCUT2D eigenvalue weighted by Crippen LogP contribution is -2.16. The van der Waals surface area contributed by atoms with E-state index in [2.05, 4.69) is 25.9 Å². The lowest BCUT2D eigenvalue weighted by molar-refractivity contribution is 0.102. The van der Waals surface area contributed by atoms with Crippen LogP contribution in [-0.4, -0.2) is 32.6 Å². The Bertz CT molecular complexity index is 570. The van der Waals surface area contributed by atoms with Gasteiger partial charge in [-0.05, 0) is 37.3 Å². The Kier molecular flexibility index (Phi) is 3.96. The monoisotopic (exact) mass is 281 g/mol. The third kappa shape index (κ3) is 3.41. The zero-order chi connectivity index (χ0) is 13.8. The Morgan fingerprint density at radius 3 is 2.89 bits per heavy atom. The maximum atomic E-state index is 12.1. The number of amides is 1. The molecule has 2 N–H and O–H groups in total. The van der Waals surface area contributed by atoms with Crippen molar-refractivity contribution in [3.05, 3.63) is 28.8 Å². The number of halogens is 1. The number of nitrogens with one attached hydrogen (secondary N) is 2. The lowest BCUT2D eigenvalue weighted by Gasteiger charge is -2.13. The lowest BCUT2D eigenvalue weighted by atomic mass is 10.2. The molecule has 0 atom stereocenters. The van der Waals surface area contributed by atoms with Crippen LogP contribution in [0.15, 0.2) is 18.2 Å². The van der Waals surface area contributed by atoms with Crippen LogP contribution in [-0.2, 0) is 0 Å². The molecule has 0 unspecified atom stereocenters. The van der Waals surface area contributed by atoms with Crippen molar-refractivity contribution in [2.75, 3.05) is 5.32 Å². The molecule has 0 aliphatic rings. The van der Waals surface area contributed by atoms with Crippen LogP contribution >= 0.6 is 11.6 Å². The minimum absolute atomic E-state index is 0.0575. The molecule has 1 aromatic carbocycles. The van der Waals surface area contributed by atoms with Gasteiger partial charge in [0.05, 0.1) is 11.7 Å². The van der Waals surface area contributed by atoms with Gasteiger partial charge in [-0.2, -0.15) is 5.21 Å². The molecule has 100 valence electrons. The van der Waals surface area contributed by atoms with Gasteiger partial charge in [0.15, 0.2) is 0 Å². The number of aromatic nitrogens is 4. The highest BCUT2D eigenvalue weighted by molar-refractivity contribution is 6.31. The molecular weight excluding hydrogens is 270 g/mol. The Hall–Kier alpha value is -2.15. The molecule has 2 rings (SSSR count). The highest BCUT2D eigenvalue weighted by Gasteiger charge is 2.16. The van der Waals surface area contributed by atoms with Crippen LogP contribution in [0.5, 0.6) is 5.75 Å². The summed E-state index contributed by atoms with van der Waals surface area (Å²) in [4.78, 5) is 12.1. The number of tetrazole rings is 1. The van der Waals surface area contributed by atoms with Gasteiger partial charge in [-0.1, -0.05) is 16.7 Å². The molecule has 0 radical (unpaired) electrons. The normalized spacial score (nSPS) is 10.5. The van der Waals surface area contributed by atoms with E-state index in [1.54, 1.807) is 12.1 Å². The van der Waals surface area contributed by atoms with E-state index in [0.717, 1.165) is 0 Å². The van der Waals surface area contributed by atoms with Crippen LogP contribution in [0, 0.1) is 0 Å². The number of hydrogen-bond acceptors (Lipinski definition) is 5. The Balaban J connectivity index is 2.26. The van der Waals surface area contributed by atoms with Gasteiger partial charge in [0.1, 0.15) is 5.75 Å². The van der Waals surface area contributed by atoms with Gasteiger partial charge < -0.3 is 4.74 Å². The predicted molar refractivity (Wildman–Crippen MR) is 69.3 cm³/mol. The molecule has 1 heterocycles. The maximum absolute atomic E-state index is 12.1. The molecule has 0 spiro atoms. The number of benzene rings is 1. The molecule has 2 aromatic rings. The zero-order valence-electron chi connectivity index (χ0n) is 10.3. The number of rotatable bonds is 4. The average molecular weight is 282 g/mol. The molecule has 0 bridgehead atoms. The molecule has 1 amide bonds. The number of aromatic amines is 1. The summed E-state index contributed by atoms with van der Waals surface area (Å²) in [6.45, 7) is 3.74. The smallest absolute Gasteiger partial charge is 0.270 e. The van der Waals surface area contributed by atoms with Gasteiger partial charge >= 0.3 is 0 Å². The summed E-state index contributed by atoms with van der Waals surface area (Å²) in [7, 11) is 0. The van der Waals surface area contributed by atoms with Gasteiger partial charge in [0, 0.05) is 5.02 Å². The second-order valence-electron chi connectivity index (χ2n) is 4.00. The molecule has 0 aliphatic heterocycles. The van der Waals surface area contributed by atoms with Crippen molar-refractivity contribution in [3.8, 4) is 5.75 Å². The topological polar surface area (TPSA) is 92.8 Å². The SMILES string of the molecule is CC(C)Oc1ccc(Cl)cc1C(=O)Nc1nn[nH]n1. The van der Waals surface area contributed by atoms with E-state index in [9.17, 15) is 4.79 Å². The molecule has 0 aliphatic carbocycles. The molecule has 1 aromatic heterocycles. The number of H-pyrrole nitrogens is 1. The summed E-state index contributed by atoms with van der Waals surface area (Å²) in [5.74, 6) is 0.111. The largest absolute Gasteiger partial charge is 0.490 e. The van der Waals surface area contributed by atoms with Gasteiger partial charge in [-0.15, -0.1) is 5.10 Å². The number of anilines is 1. The van der Waals surface area contributed by atoms with Gasteiger partial charge in [-0.3, -0.25) is 10.1 Å². The number of hydrogen-bond donors (Lipinski definition) is 2. The van der Waals surface area contributed by atoms with Crippen molar-refractivity contribution in [2.45, 2.75) is 20.0 Å². The summed E-state index contributed by atoms with van der Waals surface area (Å²) in [5, 5.41) is 15.8. The van der Waals surface area contributed by atoms with E-state index in [0.29, 0.717) is 16.3 Å². The van der Waals surface area contributed by atoms with Crippen LogP contribution in [0.2, 0.25) is 5.02 Å². The standard InChI is InChI=1S/C11H12ClN5O2/c1-6(2)19-9-4-3-7(12)5-8(9)10(18)13-11-14-16-17-15-11/h3-6H,1-2H3,(H2,13,14,15,16,17,18). The van der Waals surface area contributed by atoms with Crippen molar-refractivity contribution in [2.24, 2.45) is 0 Å². The third-order valence-corrected chi connectivity index (χ3v) is 2.35. The number of ether oxygens (including phenoxy) is 1. The maximum Gasteiger partial charge on any atom is 0.270 e. The molecule has 7 nitrogen and oxygen atoms in total. The second-order valence-corrected chi connectivity index (χ2v) is 4.43. The van der Waals surface area contributed by atoms with Crippen LogP contribution in [0.3, 0.4) is 0 Å². The highest BCUT2D eigenvalue weighted by atomic mass is 35.5. The van der Waals surface area contributed by atoms with Gasteiger partial charge in [0.25, 0.3) is 11.9 Å². The minimum atomic E-state index is -0.417. The van der Waals surface area contributed by atoms with Crippen molar-refractivity contribution >= 4 is 23.5 Å². The number of carbonyl (C=O) groups excluding carboxylic acids is 1. The van der Waals surface area contributed by atoms with E-state index in [-0.39, 0.29) is 12.1 Å². The van der Waals surface area contributed by atoms with E-state index in [1.165, 1.54) is 6.07 Å². The minimum Gasteiger partial charge on any atom is -0.490 e. The molecule has 0 saturated carbocycles. The Morgan fingerprint density at radius 2 is 2.26 bits per heavy atom. The fourth-order valence-electron chi connectivity index (χ4n) is 1.42. The second kappa shape index (κ2) is 5.66. The highest BCUT2D eigenvalue weighted by Crippen LogP contribution is 2.24. The van der Waals surface area contributed by atoms with Crippen molar-refractivity contribution in [1.29, 1.82) is 0 Å². The van der Waals surface area contributed by atoms with Crippen molar-refractivity contribution in [3.63, 3.8) is 0 Å². The Morgan fingerprint density at radius 1 is 1.47 bits per heavy atom. The van der Waals surface area contributed by atoms with E-state index >= 15 is 0 Å². The number of carbonyl (C=O) groups is 1. The van der Waals surface area contributed by atoms with Crippen LogP contribution in [0.25, 0.3) is 0 Å². The summed E-state index contributed by atoms with van der Waals surface area (Å²) < 4.78 is 5.56. The molecular formula is C11H12ClN5O2. The molecule has 19 heavy (non-hydrogen) atoms. The average Bonchev–Trinajstić information content (AvgIpc) is 2.83. The third-order valence-electron chi connectivity index (χ3n) is 2.12. The van der Waals surface area contributed by atoms with Crippen molar-refractivity contribution < 1.29 is 9.53 Å². The summed E-state index contributed by atoms with van der Waals surface area (Å²) in [6.07, 6.45) is -0.0575. The van der Waals surface area contributed by atoms with Crippen molar-refractivity contribution in [1.82, 2.24) is 20.6 Å². The molecule has 8 heteroatoms. The molecule has 0 saturated heterocycles. The van der Waals surface area contributed by atoms with Gasteiger partial charge in [0.2, 0.25) is 0 Å². The van der Waals surface area contributed by atoms with E-state index in [4.69, 9.17) is 16.3 Å². The van der Waals surface area contributed by atoms with Gasteiger partial charge in [-0.25, -0.2) is 0 Å². The van der Waals surface area contributed by atoms with E-state index < -0.39 is 5.91 Å². The van der Waals surface area contributed by atoms with Crippen LogP contribution in [0.1, 0.15) is 24.2 Å². The first-order valence-electron chi connectivity index (χ1n) is 5.57. The fraction of sp³-hybridized carbons (Fsp3) is 0.273. The zero-order valence-corrected chi connectivity index (χ0v) is 11.1. The first kappa shape index (κ1) is 13.3. The fourth-order valence-corrected chi connectivity index (χ4v) is 1.59. The number of nitrogens with zero attached hydrogens (tertiary/aromatic N) is 3. The first-order chi connectivity index (χ1) is 9.06. The first-order valence-corrected chi connectivity index (χ1v) is 5.95. The summed E-state index contributed by atoms with van der Waals surface area (Å²) in [6, 6.07) is 4.83. The quantitative estimate of drug-likeness (QED) is 0.893. The van der Waals surface area contributed by atoms with Crippen LogP contribution in [0.4, 0.5) is 5.95 Å². The van der Waals surface area contributed by atoms with E-state index in [1.807, 2.05) is 13.8 Å². The predicted octanol–water partition coefficient (Wildman–Crippen LogP) is 1.89. The summed E-state index contributed by atoms with van der Waals surface area (Å²) in [5.41, 5.74) is 0.311. The molecule has 0 fully saturated rings. The Labute approximate surface area is 114 Å². The van der Waals surface area contributed by atoms with Crippen LogP contribution < -0.4 is 10.1 Å². The summed E-state index contributed by atoms with van der Waals surface area (Å²) >= 11 is 5.89.